The van der Waals surface area contributed by atoms with Crippen LogP contribution >= 0.6 is 24.8 Å². The third kappa shape index (κ3) is 4.88. The molecule has 0 amide bonds. The molecule has 0 fully saturated rings. The van der Waals surface area contributed by atoms with Crippen molar-refractivity contribution < 1.29 is 18.3 Å². The van der Waals surface area contributed by atoms with Gasteiger partial charge in [-0.3, -0.25) is 0 Å². The van der Waals surface area contributed by atoms with Gasteiger partial charge < -0.3 is 0 Å². The minimum absolute atomic E-state index is 0. The Morgan fingerprint density at radius 3 is 1.83 bits per heavy atom. The summed E-state index contributed by atoms with van der Waals surface area (Å²) in [6.45, 7) is 28.7. The van der Waals surface area contributed by atoms with E-state index in [-0.39, 0.29) is 41.1 Å². The van der Waals surface area contributed by atoms with Gasteiger partial charge in [0.05, 0.1) is 0 Å². The number of hydrogen-bond donors (Lipinski definition) is 0. The topological polar surface area (TPSA) is 0 Å². The molecule has 0 spiro atoms. The fourth-order valence-electron chi connectivity index (χ4n) is 11.1. The third-order valence-corrected chi connectivity index (χ3v) is 28.7. The quantitative estimate of drug-likeness (QED) is 0.195. The van der Waals surface area contributed by atoms with E-state index >= 15 is 0 Å². The first-order chi connectivity index (χ1) is 21.2. The zero-order valence-corrected chi connectivity index (χ0v) is 35.7. The Labute approximate surface area is 304 Å². The van der Waals surface area contributed by atoms with Crippen molar-refractivity contribution in [1.29, 1.82) is 0 Å². The number of allylic oxidation sites excluding steroid dienone is 8. The van der Waals surface area contributed by atoms with Gasteiger partial charge in [0.25, 0.3) is 0 Å². The molecule has 254 valence electrons. The summed E-state index contributed by atoms with van der Waals surface area (Å²) >= 11 is -4.44. The normalized spacial score (nSPS) is 20.4. The summed E-state index contributed by atoms with van der Waals surface area (Å²) in [5.74, 6) is 0.378. The van der Waals surface area contributed by atoms with Crippen molar-refractivity contribution in [3.8, 4) is 11.1 Å². The summed E-state index contributed by atoms with van der Waals surface area (Å²) < 4.78 is 13.1. The van der Waals surface area contributed by atoms with Crippen LogP contribution in [0.5, 0.6) is 0 Å². The van der Waals surface area contributed by atoms with Gasteiger partial charge in [0, 0.05) is 0 Å². The van der Waals surface area contributed by atoms with Crippen molar-refractivity contribution in [2.24, 2.45) is 11.3 Å². The van der Waals surface area contributed by atoms with Gasteiger partial charge in [0.1, 0.15) is 0 Å². The zero-order valence-electron chi connectivity index (χ0n) is 31.6. The number of hydrogen-bond acceptors (Lipinski definition) is 0. The Kier molecular flexibility index (Phi) is 8.70. The van der Waals surface area contributed by atoms with Gasteiger partial charge in [-0.15, -0.1) is 24.8 Å². The summed E-state index contributed by atoms with van der Waals surface area (Å²) in [5, 5.41) is 0. The van der Waals surface area contributed by atoms with Crippen LogP contribution in [0.1, 0.15) is 115 Å². The molecule has 3 heteroatoms. The first kappa shape index (κ1) is 37.2. The molecule has 0 aromatic heterocycles. The Hall–Kier alpha value is -2.05. The molecule has 3 aromatic carbocycles. The van der Waals surface area contributed by atoms with E-state index in [1.54, 1.807) is 6.56 Å². The van der Waals surface area contributed by atoms with E-state index in [1.807, 2.05) is 0 Å². The molecule has 0 saturated heterocycles. The van der Waals surface area contributed by atoms with Crippen LogP contribution in [0.3, 0.4) is 0 Å². The average molecular weight is 759 g/mol. The van der Waals surface area contributed by atoms with Gasteiger partial charge in [0.15, 0.2) is 0 Å². The molecule has 0 nitrogen and oxygen atoms in total. The molecule has 0 saturated carbocycles. The van der Waals surface area contributed by atoms with Crippen molar-refractivity contribution in [2.45, 2.75) is 105 Å². The van der Waals surface area contributed by atoms with Crippen LogP contribution in [-0.4, -0.2) is 4.21 Å². The summed E-state index contributed by atoms with van der Waals surface area (Å²) in [7, 11) is 0. The molecule has 3 aromatic rings. The van der Waals surface area contributed by atoms with E-state index in [0.717, 1.165) is 6.42 Å². The number of fused-ring (bicyclic) bond motifs is 5. The van der Waals surface area contributed by atoms with Gasteiger partial charge >= 0.3 is 282 Å². The summed E-state index contributed by atoms with van der Waals surface area (Å²) in [6, 6.07) is 19.8. The predicted octanol–water partition coefficient (Wildman–Crippen LogP) is 12.5. The molecular weight excluding hydrogens is 703 g/mol. The summed E-state index contributed by atoms with van der Waals surface area (Å²) in [4.78, 5) is 0. The minimum atomic E-state index is -4.44. The van der Waals surface area contributed by atoms with Crippen LogP contribution in [-0.2, 0) is 35.5 Å². The van der Waals surface area contributed by atoms with Crippen LogP contribution in [0.25, 0.3) is 22.3 Å². The van der Waals surface area contributed by atoms with Crippen LogP contribution in [0.4, 0.5) is 0 Å². The second-order valence-electron chi connectivity index (χ2n) is 18.0. The SMILES string of the molecule is Cl.Cl.[CH2]=[Zr]([CH3])([C]1=C(C)C(C(C)(C)C)=CC1C)([C]1=C(C)c2cc3c(cc2C1(C)C)Cc1cc2c(cc1-3)C(C)=CC2(C)C)[c]1ccc(C)cc1. The molecular formula is C45H56Cl2Zr. The van der Waals surface area contributed by atoms with Crippen LogP contribution in [0.2, 0.25) is 4.63 Å². The standard InChI is InChI=1S/C25H25.C11H17.C7H7.CH3.CH2.2ClH.Zr/c1-14-12-24(3,4)22-8-16-7-17-9-23-19(15(2)13-25(23,5)6)11-21(17)20(16)10-18(14)22;1-8-6-9(2)10(7-8)11(3,4)5;1-7-5-3-2-4-6-7;;;;;/h8-12H,7H2,1-6H3;7-8H,1-5H3;3-6H,1H3;1H3;1H2;2*1H;. The fraction of sp³-hybridized carbons (Fsp3) is 0.400. The molecule has 4 aliphatic rings. The van der Waals surface area contributed by atoms with Gasteiger partial charge in [-0.05, 0) is 0 Å². The van der Waals surface area contributed by atoms with Crippen molar-refractivity contribution >= 4 is 43.4 Å². The fourth-order valence-corrected chi connectivity index (χ4v) is 29.2. The zero-order chi connectivity index (χ0) is 33.5. The maximum absolute atomic E-state index is 5.64. The molecule has 0 heterocycles. The van der Waals surface area contributed by atoms with Crippen LogP contribution in [0.15, 0.2) is 78.4 Å². The summed E-state index contributed by atoms with van der Waals surface area (Å²) in [6.07, 6.45) is 6.05. The van der Waals surface area contributed by atoms with Crippen molar-refractivity contribution in [1.82, 2.24) is 0 Å². The molecule has 7 rings (SSSR count). The van der Waals surface area contributed by atoms with E-state index in [1.165, 1.54) is 75.6 Å². The third-order valence-electron chi connectivity index (χ3n) is 12.7. The Morgan fingerprint density at radius 2 is 1.29 bits per heavy atom. The molecule has 0 radical (unpaired) electrons. The molecule has 48 heavy (non-hydrogen) atoms. The van der Waals surface area contributed by atoms with Crippen molar-refractivity contribution in [3.05, 3.63) is 117 Å². The molecule has 1 atom stereocenters. The Bertz CT molecular complexity index is 2100. The van der Waals surface area contributed by atoms with E-state index in [4.69, 9.17) is 4.21 Å². The second kappa shape index (κ2) is 11.2. The maximum atomic E-state index is 5.64. The molecule has 0 aliphatic heterocycles. The van der Waals surface area contributed by atoms with E-state index in [9.17, 15) is 0 Å². The van der Waals surface area contributed by atoms with Gasteiger partial charge in [-0.1, -0.05) is 0 Å². The monoisotopic (exact) mass is 756 g/mol. The molecule has 0 bridgehead atoms. The molecule has 1 unspecified atom stereocenters. The van der Waals surface area contributed by atoms with E-state index < -0.39 is 18.3 Å². The summed E-state index contributed by atoms with van der Waals surface area (Å²) in [5.41, 5.74) is 19.1. The Balaban J connectivity index is 0.00000225. The van der Waals surface area contributed by atoms with Gasteiger partial charge in [-0.2, -0.15) is 0 Å². The average Bonchev–Trinajstić information content (AvgIpc) is 3.59. The number of aryl methyl sites for hydroxylation is 1. The second-order valence-corrected chi connectivity index (χ2v) is 31.8. The number of benzene rings is 3. The van der Waals surface area contributed by atoms with Gasteiger partial charge in [0.2, 0.25) is 0 Å². The van der Waals surface area contributed by atoms with Crippen LogP contribution < -0.4 is 3.27 Å². The predicted molar refractivity (Wildman–Crippen MR) is 215 cm³/mol. The van der Waals surface area contributed by atoms with Crippen LogP contribution in [0, 0.1) is 18.3 Å². The van der Waals surface area contributed by atoms with E-state index in [0.29, 0.717) is 5.92 Å². The number of rotatable bonds is 3. The molecule has 0 N–H and O–H groups in total. The number of halogens is 2. The van der Waals surface area contributed by atoms with Gasteiger partial charge in [-0.25, -0.2) is 0 Å². The molecule has 4 aliphatic carbocycles. The first-order valence-electron chi connectivity index (χ1n) is 17.5. The van der Waals surface area contributed by atoms with Crippen molar-refractivity contribution in [3.63, 3.8) is 0 Å². The first-order valence-corrected chi connectivity index (χ1v) is 25.4. The van der Waals surface area contributed by atoms with Crippen molar-refractivity contribution in [2.75, 3.05) is 0 Å². The van der Waals surface area contributed by atoms with E-state index in [2.05, 4.69) is 148 Å². The Morgan fingerprint density at radius 1 is 0.750 bits per heavy atom.